The van der Waals surface area contributed by atoms with Gasteiger partial charge in [-0.15, -0.1) is 0 Å². The molecule has 0 aromatic heterocycles. The molecule has 45 heavy (non-hydrogen) atoms. The fourth-order valence-electron chi connectivity index (χ4n) is 6.03. The van der Waals surface area contributed by atoms with Crippen LogP contribution in [0.3, 0.4) is 0 Å². The second kappa shape index (κ2) is 35.3. The molecule has 0 rings (SSSR count). The van der Waals surface area contributed by atoms with Gasteiger partial charge in [-0.25, -0.2) is 0 Å². The molecule has 3 atom stereocenters. The highest BCUT2D eigenvalue weighted by Crippen LogP contribution is 2.31. The first kappa shape index (κ1) is 43.4. The summed E-state index contributed by atoms with van der Waals surface area (Å²) in [5.74, 6) is 1.45. The molecule has 0 aromatic rings. The number of unbranched alkanes of at least 4 members (excludes halogenated alkanes) is 17. The van der Waals surface area contributed by atoms with Crippen molar-refractivity contribution in [2.45, 2.75) is 196 Å². The molecule has 0 aromatic carbocycles. The van der Waals surface area contributed by atoms with E-state index in [0.717, 1.165) is 6.42 Å². The van der Waals surface area contributed by atoms with Crippen LogP contribution in [0.15, 0.2) is 72.4 Å². The van der Waals surface area contributed by atoms with Gasteiger partial charge in [0, 0.05) is 5.92 Å². The van der Waals surface area contributed by atoms with E-state index in [9.17, 15) is 0 Å². The van der Waals surface area contributed by atoms with Gasteiger partial charge in [-0.1, -0.05) is 185 Å². The minimum absolute atomic E-state index is 0.444. The molecule has 0 heteroatoms. The average Bonchev–Trinajstić information content (AvgIpc) is 3.05. The molecule has 0 saturated heterocycles. The highest BCUT2D eigenvalue weighted by molar-refractivity contribution is 5.30. The molecule has 0 saturated carbocycles. The van der Waals surface area contributed by atoms with Crippen LogP contribution in [0.4, 0.5) is 0 Å². The van der Waals surface area contributed by atoms with Gasteiger partial charge in [0.05, 0.1) is 0 Å². The second-order valence-electron chi connectivity index (χ2n) is 13.5. The minimum atomic E-state index is 0.444. The Bertz CT molecular complexity index is 772. The smallest absolute Gasteiger partial charge is 0.00776 e. The monoisotopic (exact) mass is 621 g/mol. The molecule has 0 nitrogen and oxygen atoms in total. The Morgan fingerprint density at radius 2 is 0.867 bits per heavy atom. The summed E-state index contributed by atoms with van der Waals surface area (Å²) in [6, 6.07) is 0. The van der Waals surface area contributed by atoms with Gasteiger partial charge in [0.25, 0.3) is 0 Å². The van der Waals surface area contributed by atoms with E-state index in [1.165, 1.54) is 148 Å². The summed E-state index contributed by atoms with van der Waals surface area (Å²) >= 11 is 0. The van der Waals surface area contributed by atoms with Gasteiger partial charge in [0.1, 0.15) is 0 Å². The third-order valence-corrected chi connectivity index (χ3v) is 9.09. The predicted molar refractivity (Wildman–Crippen MR) is 209 cm³/mol. The molecular formula is C45H80. The van der Waals surface area contributed by atoms with Crippen LogP contribution in [-0.4, -0.2) is 0 Å². The predicted octanol–water partition coefficient (Wildman–Crippen LogP) is 16.0. The van der Waals surface area contributed by atoms with Crippen LogP contribution in [0.5, 0.6) is 0 Å². The van der Waals surface area contributed by atoms with Crippen molar-refractivity contribution in [2.24, 2.45) is 17.8 Å². The van der Waals surface area contributed by atoms with E-state index in [-0.39, 0.29) is 0 Å². The molecule has 0 spiro atoms. The zero-order valence-corrected chi connectivity index (χ0v) is 31.6. The maximum Gasteiger partial charge on any atom is 0.00776 e. The van der Waals surface area contributed by atoms with Gasteiger partial charge in [-0.05, 0) is 94.5 Å². The van der Waals surface area contributed by atoms with Crippen LogP contribution in [0.2, 0.25) is 0 Å². The number of allylic oxidation sites excluding steroid dienone is 12. The number of hydrogen-bond donors (Lipinski definition) is 0. The summed E-state index contributed by atoms with van der Waals surface area (Å²) in [4.78, 5) is 0. The van der Waals surface area contributed by atoms with Crippen molar-refractivity contribution in [3.05, 3.63) is 72.4 Å². The van der Waals surface area contributed by atoms with Crippen molar-refractivity contribution >= 4 is 0 Å². The van der Waals surface area contributed by atoms with Crippen LogP contribution < -0.4 is 0 Å². The van der Waals surface area contributed by atoms with Crippen molar-refractivity contribution in [3.63, 3.8) is 0 Å². The summed E-state index contributed by atoms with van der Waals surface area (Å²) in [5, 5.41) is 0. The van der Waals surface area contributed by atoms with E-state index < -0.39 is 0 Å². The third kappa shape index (κ3) is 27.3. The van der Waals surface area contributed by atoms with Crippen LogP contribution in [0.25, 0.3) is 0 Å². The minimum Gasteiger partial charge on any atom is -0.0885 e. The Labute approximate surface area is 285 Å². The zero-order chi connectivity index (χ0) is 33.1. The van der Waals surface area contributed by atoms with Crippen LogP contribution in [-0.2, 0) is 0 Å². The largest absolute Gasteiger partial charge is 0.0885 e. The maximum absolute atomic E-state index is 2.66. The van der Waals surface area contributed by atoms with E-state index in [1.807, 2.05) is 0 Å². The first-order valence-corrected chi connectivity index (χ1v) is 20.2. The summed E-state index contributed by atoms with van der Waals surface area (Å²) in [6.07, 6.45) is 58.7. The molecule has 0 heterocycles. The lowest BCUT2D eigenvalue weighted by Crippen LogP contribution is -2.13. The average molecular weight is 621 g/mol. The summed E-state index contributed by atoms with van der Waals surface area (Å²) < 4.78 is 0. The molecule has 3 unspecified atom stereocenters. The van der Waals surface area contributed by atoms with Crippen LogP contribution >= 0.6 is 0 Å². The van der Waals surface area contributed by atoms with Gasteiger partial charge >= 0.3 is 0 Å². The lowest BCUT2D eigenvalue weighted by atomic mass is 9.80. The fourth-order valence-corrected chi connectivity index (χ4v) is 6.03. The lowest BCUT2D eigenvalue weighted by Gasteiger charge is -2.24. The molecule has 260 valence electrons. The number of rotatable bonds is 32. The van der Waals surface area contributed by atoms with E-state index >= 15 is 0 Å². The van der Waals surface area contributed by atoms with Gasteiger partial charge in [0.2, 0.25) is 0 Å². The lowest BCUT2D eigenvalue weighted by molar-refractivity contribution is 0.517. The Hall–Kier alpha value is -1.56. The molecule has 0 bridgehead atoms. The summed E-state index contributed by atoms with van der Waals surface area (Å²) in [7, 11) is 0. The van der Waals surface area contributed by atoms with Crippen molar-refractivity contribution in [3.8, 4) is 0 Å². The van der Waals surface area contributed by atoms with Crippen molar-refractivity contribution in [1.82, 2.24) is 0 Å². The molecular weight excluding hydrogens is 540 g/mol. The van der Waals surface area contributed by atoms with Crippen LogP contribution in [0.1, 0.15) is 196 Å². The topological polar surface area (TPSA) is 0 Å². The van der Waals surface area contributed by atoms with E-state index in [0.29, 0.717) is 17.8 Å². The van der Waals surface area contributed by atoms with E-state index in [1.54, 1.807) is 5.57 Å². The van der Waals surface area contributed by atoms with Crippen molar-refractivity contribution in [1.29, 1.82) is 0 Å². The molecule has 0 aliphatic carbocycles. The molecule has 0 fully saturated rings. The Kier molecular flexibility index (Phi) is 34.1. The summed E-state index contributed by atoms with van der Waals surface area (Å²) in [5.41, 5.74) is 1.54. The van der Waals surface area contributed by atoms with Gasteiger partial charge < -0.3 is 0 Å². The molecule has 0 N–H and O–H groups in total. The second-order valence-corrected chi connectivity index (χ2v) is 13.5. The Balaban J connectivity index is 6.35. The molecule has 0 aliphatic rings. The molecule has 0 aliphatic heterocycles. The van der Waals surface area contributed by atoms with E-state index in [4.69, 9.17) is 0 Å². The quantitative estimate of drug-likeness (QED) is 0.0399. The maximum atomic E-state index is 2.66. The third-order valence-electron chi connectivity index (χ3n) is 9.09. The number of hydrogen-bond acceptors (Lipinski definition) is 0. The summed E-state index contributed by atoms with van der Waals surface area (Å²) in [6.45, 7) is 13.9. The van der Waals surface area contributed by atoms with Gasteiger partial charge in [0.15, 0.2) is 0 Å². The van der Waals surface area contributed by atoms with Crippen LogP contribution in [0, 0.1) is 17.8 Å². The fraction of sp³-hybridized carbons (Fsp3) is 0.733. The van der Waals surface area contributed by atoms with Crippen molar-refractivity contribution in [2.75, 3.05) is 0 Å². The Morgan fingerprint density at radius 3 is 1.40 bits per heavy atom. The standard InChI is InChI=1S/C45H80/c1-7-13-18-23-25-30-32-37-42(36-31-29-24-19-14-8-2)41-44(39-34-27-21-16-10-4)45(40-35-28-22-17-11-5)43(12-6)38-33-26-20-15-9-3/h30-36,38-43,45H,7-29,37H2,1-6H3. The first-order chi connectivity index (χ1) is 22.2. The SMILES string of the molecule is CCCCCC=CC(=CC(C=CCCCCCC)CC=CCCCCCC)C(C=CCCCCC)C(C=CCCCCC)CC. The normalized spacial score (nSPS) is 15.1. The molecule has 0 radical (unpaired) electrons. The highest BCUT2D eigenvalue weighted by Gasteiger charge is 2.19. The van der Waals surface area contributed by atoms with E-state index in [2.05, 4.69) is 108 Å². The first-order valence-electron chi connectivity index (χ1n) is 20.2. The Morgan fingerprint density at radius 1 is 0.422 bits per heavy atom. The highest BCUT2D eigenvalue weighted by atomic mass is 14.2. The van der Waals surface area contributed by atoms with Crippen molar-refractivity contribution < 1.29 is 0 Å². The zero-order valence-electron chi connectivity index (χ0n) is 31.6. The molecule has 0 amide bonds. The van der Waals surface area contributed by atoms with Gasteiger partial charge in [-0.2, -0.15) is 0 Å². The van der Waals surface area contributed by atoms with Gasteiger partial charge in [-0.3, -0.25) is 0 Å².